The molecule has 0 saturated carbocycles. The number of rotatable bonds is 4. The maximum absolute atomic E-state index is 11.7. The number of pyridine rings is 1. The van der Waals surface area contributed by atoms with Crippen LogP contribution in [0.4, 0.5) is 0 Å². The summed E-state index contributed by atoms with van der Waals surface area (Å²) in [6.07, 6.45) is 2.27. The van der Waals surface area contributed by atoms with Crippen LogP contribution < -0.4 is 10.6 Å². The van der Waals surface area contributed by atoms with Gasteiger partial charge in [0.25, 0.3) is 0 Å². The largest absolute Gasteiger partial charge is 0.477 e. The molecule has 2 amide bonds. The zero-order chi connectivity index (χ0) is 13.8. The Morgan fingerprint density at radius 2 is 2.26 bits per heavy atom. The first-order chi connectivity index (χ1) is 9.06. The van der Waals surface area contributed by atoms with Gasteiger partial charge in [-0.15, -0.1) is 0 Å². The first-order valence-corrected chi connectivity index (χ1v) is 5.81. The normalized spacial score (nSPS) is 17.9. The Hall–Kier alpha value is -2.44. The van der Waals surface area contributed by atoms with E-state index in [-0.39, 0.29) is 24.1 Å². The van der Waals surface area contributed by atoms with E-state index in [4.69, 9.17) is 5.11 Å². The molecule has 1 aromatic rings. The third-order valence-electron chi connectivity index (χ3n) is 2.82. The SMILES string of the molecule is O=C1CCC(C(=O)NCc2ccc(C(=O)O)nc2)N1. The van der Waals surface area contributed by atoms with Crippen molar-refractivity contribution in [1.82, 2.24) is 15.6 Å². The second kappa shape index (κ2) is 5.47. The molecular weight excluding hydrogens is 250 g/mol. The van der Waals surface area contributed by atoms with Crippen LogP contribution in [0.2, 0.25) is 0 Å². The van der Waals surface area contributed by atoms with Crippen LogP contribution in [0.3, 0.4) is 0 Å². The van der Waals surface area contributed by atoms with Gasteiger partial charge in [-0.25, -0.2) is 9.78 Å². The highest BCUT2D eigenvalue weighted by atomic mass is 16.4. The number of carbonyl (C=O) groups excluding carboxylic acids is 2. The lowest BCUT2D eigenvalue weighted by atomic mass is 10.2. The summed E-state index contributed by atoms with van der Waals surface area (Å²) in [5, 5.41) is 13.9. The van der Waals surface area contributed by atoms with Gasteiger partial charge in [-0.1, -0.05) is 6.07 Å². The number of hydrogen-bond donors (Lipinski definition) is 3. The molecule has 1 aliphatic heterocycles. The zero-order valence-corrected chi connectivity index (χ0v) is 10.0. The van der Waals surface area contributed by atoms with Crippen LogP contribution in [0, 0.1) is 0 Å². The highest BCUT2D eigenvalue weighted by Crippen LogP contribution is 2.07. The molecule has 1 aromatic heterocycles. The van der Waals surface area contributed by atoms with Gasteiger partial charge in [0.1, 0.15) is 11.7 Å². The topological polar surface area (TPSA) is 108 Å². The van der Waals surface area contributed by atoms with Crippen molar-refractivity contribution in [3.63, 3.8) is 0 Å². The molecule has 0 bridgehead atoms. The van der Waals surface area contributed by atoms with Gasteiger partial charge in [0.2, 0.25) is 11.8 Å². The molecule has 0 aliphatic carbocycles. The molecular formula is C12H13N3O4. The van der Waals surface area contributed by atoms with Gasteiger partial charge in [0, 0.05) is 19.2 Å². The van der Waals surface area contributed by atoms with Crippen LogP contribution in [0.15, 0.2) is 18.3 Å². The molecule has 0 spiro atoms. The van der Waals surface area contributed by atoms with E-state index in [0.29, 0.717) is 18.4 Å². The van der Waals surface area contributed by atoms with Gasteiger partial charge < -0.3 is 15.7 Å². The van der Waals surface area contributed by atoms with Gasteiger partial charge in [-0.2, -0.15) is 0 Å². The number of hydrogen-bond acceptors (Lipinski definition) is 4. The second-order valence-electron chi connectivity index (χ2n) is 4.23. The lowest BCUT2D eigenvalue weighted by Crippen LogP contribution is -2.41. The van der Waals surface area contributed by atoms with Gasteiger partial charge in [-0.05, 0) is 18.1 Å². The number of carboxylic acids is 1. The average molecular weight is 263 g/mol. The Labute approximate surface area is 109 Å². The highest BCUT2D eigenvalue weighted by molar-refractivity contribution is 5.90. The third kappa shape index (κ3) is 3.27. The maximum Gasteiger partial charge on any atom is 0.354 e. The predicted octanol–water partition coefficient (Wildman–Crippen LogP) is -0.325. The van der Waals surface area contributed by atoms with Crippen molar-refractivity contribution < 1.29 is 19.5 Å². The average Bonchev–Trinajstić information content (AvgIpc) is 2.83. The van der Waals surface area contributed by atoms with Crippen molar-refractivity contribution in [2.24, 2.45) is 0 Å². The van der Waals surface area contributed by atoms with Crippen LogP contribution in [-0.2, 0) is 16.1 Å². The number of carbonyl (C=O) groups is 3. The number of aromatic carboxylic acids is 1. The number of aromatic nitrogens is 1. The van der Waals surface area contributed by atoms with Crippen molar-refractivity contribution in [2.45, 2.75) is 25.4 Å². The van der Waals surface area contributed by atoms with Crippen LogP contribution in [0.25, 0.3) is 0 Å². The molecule has 1 aliphatic rings. The molecule has 7 heteroatoms. The first-order valence-electron chi connectivity index (χ1n) is 5.81. The summed E-state index contributed by atoms with van der Waals surface area (Å²) < 4.78 is 0. The van der Waals surface area contributed by atoms with Crippen LogP contribution in [0.1, 0.15) is 28.9 Å². The third-order valence-corrected chi connectivity index (χ3v) is 2.82. The summed E-state index contributed by atoms with van der Waals surface area (Å²) in [7, 11) is 0. The van der Waals surface area contributed by atoms with Crippen molar-refractivity contribution in [2.75, 3.05) is 0 Å². The molecule has 3 N–H and O–H groups in total. The van der Waals surface area contributed by atoms with E-state index < -0.39 is 12.0 Å². The minimum absolute atomic E-state index is 0.0434. The molecule has 7 nitrogen and oxygen atoms in total. The molecule has 1 fully saturated rings. The summed E-state index contributed by atoms with van der Waals surface area (Å²) >= 11 is 0. The molecule has 100 valence electrons. The van der Waals surface area contributed by atoms with Crippen LogP contribution in [0.5, 0.6) is 0 Å². The zero-order valence-electron chi connectivity index (χ0n) is 10.0. The van der Waals surface area contributed by atoms with Crippen molar-refractivity contribution in [3.8, 4) is 0 Å². The van der Waals surface area contributed by atoms with Gasteiger partial charge >= 0.3 is 5.97 Å². The Bertz CT molecular complexity index is 512. The van der Waals surface area contributed by atoms with E-state index in [0.717, 1.165) is 0 Å². The van der Waals surface area contributed by atoms with E-state index in [1.165, 1.54) is 12.3 Å². The lowest BCUT2D eigenvalue weighted by molar-refractivity contribution is -0.125. The number of amides is 2. The van der Waals surface area contributed by atoms with Gasteiger partial charge in [-0.3, -0.25) is 9.59 Å². The van der Waals surface area contributed by atoms with Crippen molar-refractivity contribution in [1.29, 1.82) is 0 Å². The molecule has 0 aromatic carbocycles. The maximum atomic E-state index is 11.7. The molecule has 19 heavy (non-hydrogen) atoms. The molecule has 2 heterocycles. The van der Waals surface area contributed by atoms with Crippen molar-refractivity contribution >= 4 is 17.8 Å². The van der Waals surface area contributed by atoms with Crippen LogP contribution in [-0.4, -0.2) is 33.9 Å². The molecule has 1 atom stereocenters. The van der Waals surface area contributed by atoms with E-state index >= 15 is 0 Å². The number of nitrogens with one attached hydrogen (secondary N) is 2. The Balaban J connectivity index is 1.86. The number of carboxylic acid groups (broad SMARTS) is 1. The van der Waals surface area contributed by atoms with Gasteiger partial charge in [0.05, 0.1) is 0 Å². The number of nitrogens with zero attached hydrogens (tertiary/aromatic N) is 1. The smallest absolute Gasteiger partial charge is 0.354 e. The predicted molar refractivity (Wildman–Crippen MR) is 64.2 cm³/mol. The van der Waals surface area contributed by atoms with E-state index in [9.17, 15) is 14.4 Å². The summed E-state index contributed by atoms with van der Waals surface area (Å²) in [5.41, 5.74) is 0.654. The Morgan fingerprint density at radius 3 is 2.79 bits per heavy atom. The summed E-state index contributed by atoms with van der Waals surface area (Å²) in [6, 6.07) is 2.49. The fourth-order valence-electron chi connectivity index (χ4n) is 1.78. The molecule has 1 unspecified atom stereocenters. The van der Waals surface area contributed by atoms with Crippen molar-refractivity contribution in [3.05, 3.63) is 29.6 Å². The quantitative estimate of drug-likeness (QED) is 0.689. The molecule has 2 rings (SSSR count). The molecule has 0 radical (unpaired) electrons. The highest BCUT2D eigenvalue weighted by Gasteiger charge is 2.26. The van der Waals surface area contributed by atoms with E-state index in [1.807, 2.05) is 0 Å². The van der Waals surface area contributed by atoms with Crippen LogP contribution >= 0.6 is 0 Å². The van der Waals surface area contributed by atoms with Gasteiger partial charge in [0.15, 0.2) is 0 Å². The second-order valence-corrected chi connectivity index (χ2v) is 4.23. The summed E-state index contributed by atoms with van der Waals surface area (Å²) in [4.78, 5) is 37.0. The molecule has 1 saturated heterocycles. The minimum atomic E-state index is -1.09. The fourth-order valence-corrected chi connectivity index (χ4v) is 1.78. The first kappa shape index (κ1) is 13.0. The summed E-state index contributed by atoms with van der Waals surface area (Å²) in [5.74, 6) is -1.45. The standard InChI is InChI=1S/C12H13N3O4/c16-10-4-3-8(15-10)11(17)14-6-7-1-2-9(12(18)19)13-5-7/h1-2,5,8H,3-4,6H2,(H,14,17)(H,15,16)(H,18,19). The minimum Gasteiger partial charge on any atom is -0.477 e. The monoisotopic (exact) mass is 263 g/mol. The summed E-state index contributed by atoms with van der Waals surface area (Å²) in [6.45, 7) is 0.248. The Morgan fingerprint density at radius 1 is 1.47 bits per heavy atom. The lowest BCUT2D eigenvalue weighted by Gasteiger charge is -2.10. The van der Waals surface area contributed by atoms with E-state index in [1.54, 1.807) is 6.07 Å². The Kier molecular flexibility index (Phi) is 3.74. The van der Waals surface area contributed by atoms with E-state index in [2.05, 4.69) is 15.6 Å². The fraction of sp³-hybridized carbons (Fsp3) is 0.333.